The van der Waals surface area contributed by atoms with Crippen LogP contribution in [0.15, 0.2) is 18.3 Å². The molecule has 2 N–H and O–H groups in total. The van der Waals surface area contributed by atoms with Gasteiger partial charge in [-0.15, -0.1) is 11.3 Å². The molecule has 142 valence electrons. The highest BCUT2D eigenvalue weighted by Gasteiger charge is 2.27. The van der Waals surface area contributed by atoms with Gasteiger partial charge >= 0.3 is 5.97 Å². The number of nitrogens with zero attached hydrogens (tertiary/aromatic N) is 1. The van der Waals surface area contributed by atoms with Crippen LogP contribution in [0, 0.1) is 0 Å². The van der Waals surface area contributed by atoms with Crippen molar-refractivity contribution in [3.8, 4) is 0 Å². The van der Waals surface area contributed by atoms with Gasteiger partial charge in [-0.2, -0.15) is 0 Å². The van der Waals surface area contributed by atoms with E-state index in [0.29, 0.717) is 21.9 Å². The number of hydrogen-bond acceptors (Lipinski definition) is 6. The van der Waals surface area contributed by atoms with Crippen molar-refractivity contribution >= 4 is 39.9 Å². The Bertz CT molecular complexity index is 891. The van der Waals surface area contributed by atoms with Gasteiger partial charge in [0, 0.05) is 23.6 Å². The van der Waals surface area contributed by atoms with E-state index in [1.165, 1.54) is 30.5 Å². The third-order valence-corrected chi connectivity index (χ3v) is 5.41. The summed E-state index contributed by atoms with van der Waals surface area (Å²) in [6.45, 7) is 3.41. The number of aryl methyl sites for hydroxylation is 1. The standard InChI is InChI=1S/C19H21N3O4S/c1-3-26-19(25)16-13-6-4-5-7-14(13)27-18(16)22-17(24)12-8-9-20-15(10-12)21-11(2)23/h8-10H,3-7H2,1-2H3,(H,22,24)(H,20,21,23). The third kappa shape index (κ3) is 4.33. The lowest BCUT2D eigenvalue weighted by atomic mass is 9.95. The minimum atomic E-state index is -0.402. The summed E-state index contributed by atoms with van der Waals surface area (Å²) in [6.07, 6.45) is 5.27. The predicted octanol–water partition coefficient (Wildman–Crippen LogP) is 3.41. The van der Waals surface area contributed by atoms with E-state index in [1.54, 1.807) is 13.0 Å². The molecule has 0 fully saturated rings. The molecule has 8 heteroatoms. The molecule has 0 saturated heterocycles. The number of thiophene rings is 1. The van der Waals surface area contributed by atoms with Gasteiger partial charge < -0.3 is 15.4 Å². The van der Waals surface area contributed by atoms with Gasteiger partial charge in [0.05, 0.1) is 12.2 Å². The van der Waals surface area contributed by atoms with Crippen LogP contribution in [0.4, 0.5) is 10.8 Å². The summed E-state index contributed by atoms with van der Waals surface area (Å²) in [7, 11) is 0. The number of ether oxygens (including phenoxy) is 1. The minimum absolute atomic E-state index is 0.268. The van der Waals surface area contributed by atoms with Crippen molar-refractivity contribution in [2.24, 2.45) is 0 Å². The van der Waals surface area contributed by atoms with E-state index >= 15 is 0 Å². The van der Waals surface area contributed by atoms with E-state index in [-0.39, 0.29) is 18.4 Å². The molecule has 3 rings (SSSR count). The number of anilines is 2. The van der Waals surface area contributed by atoms with Crippen molar-refractivity contribution in [3.05, 3.63) is 39.9 Å². The van der Waals surface area contributed by atoms with Crippen molar-refractivity contribution in [2.45, 2.75) is 39.5 Å². The summed E-state index contributed by atoms with van der Waals surface area (Å²) in [5, 5.41) is 5.91. The minimum Gasteiger partial charge on any atom is -0.462 e. The summed E-state index contributed by atoms with van der Waals surface area (Å²) in [6, 6.07) is 3.05. The summed E-state index contributed by atoms with van der Waals surface area (Å²) in [5.41, 5.74) is 1.81. The van der Waals surface area contributed by atoms with Crippen molar-refractivity contribution in [1.82, 2.24) is 4.98 Å². The zero-order chi connectivity index (χ0) is 19.4. The molecule has 0 aliphatic heterocycles. The Morgan fingerprint density at radius 1 is 1.22 bits per heavy atom. The Labute approximate surface area is 161 Å². The molecule has 1 aliphatic rings. The van der Waals surface area contributed by atoms with E-state index in [2.05, 4.69) is 15.6 Å². The highest BCUT2D eigenvalue weighted by atomic mass is 32.1. The van der Waals surface area contributed by atoms with E-state index in [9.17, 15) is 14.4 Å². The lowest BCUT2D eigenvalue weighted by Gasteiger charge is -2.12. The maximum atomic E-state index is 12.7. The molecule has 0 bridgehead atoms. The lowest BCUT2D eigenvalue weighted by molar-refractivity contribution is -0.114. The maximum absolute atomic E-state index is 12.7. The monoisotopic (exact) mass is 387 g/mol. The first-order valence-corrected chi connectivity index (χ1v) is 9.68. The van der Waals surface area contributed by atoms with Gasteiger partial charge in [-0.25, -0.2) is 9.78 Å². The Kier molecular flexibility index (Phi) is 5.85. The van der Waals surface area contributed by atoms with Crippen LogP contribution in [-0.2, 0) is 22.4 Å². The average molecular weight is 387 g/mol. The van der Waals surface area contributed by atoms with Gasteiger partial charge in [0.1, 0.15) is 10.8 Å². The van der Waals surface area contributed by atoms with Crippen molar-refractivity contribution in [1.29, 1.82) is 0 Å². The van der Waals surface area contributed by atoms with Crippen LogP contribution in [0.5, 0.6) is 0 Å². The van der Waals surface area contributed by atoms with E-state index < -0.39 is 5.97 Å². The van der Waals surface area contributed by atoms with Crippen LogP contribution >= 0.6 is 11.3 Å². The number of nitrogens with one attached hydrogen (secondary N) is 2. The van der Waals surface area contributed by atoms with Crippen LogP contribution in [-0.4, -0.2) is 29.4 Å². The highest BCUT2D eigenvalue weighted by molar-refractivity contribution is 7.17. The molecule has 2 aromatic heterocycles. The Morgan fingerprint density at radius 3 is 2.74 bits per heavy atom. The second-order valence-electron chi connectivity index (χ2n) is 6.20. The number of hydrogen-bond donors (Lipinski definition) is 2. The molecule has 2 heterocycles. The number of fused-ring (bicyclic) bond motifs is 1. The molecule has 0 radical (unpaired) electrons. The quantitative estimate of drug-likeness (QED) is 0.766. The number of pyridine rings is 1. The topological polar surface area (TPSA) is 97.4 Å². The number of rotatable bonds is 5. The molecule has 0 saturated carbocycles. The molecule has 2 amide bonds. The first-order chi connectivity index (χ1) is 13.0. The highest BCUT2D eigenvalue weighted by Crippen LogP contribution is 2.38. The summed E-state index contributed by atoms with van der Waals surface area (Å²) < 4.78 is 5.20. The van der Waals surface area contributed by atoms with Gasteiger partial charge in [-0.1, -0.05) is 0 Å². The lowest BCUT2D eigenvalue weighted by Crippen LogP contribution is -2.16. The Hall–Kier alpha value is -2.74. The summed E-state index contributed by atoms with van der Waals surface area (Å²) in [4.78, 5) is 41.5. The zero-order valence-corrected chi connectivity index (χ0v) is 16.1. The molecule has 27 heavy (non-hydrogen) atoms. The van der Waals surface area contributed by atoms with Crippen LogP contribution in [0.2, 0.25) is 0 Å². The van der Waals surface area contributed by atoms with Gasteiger partial charge in [0.25, 0.3) is 5.91 Å². The van der Waals surface area contributed by atoms with Gasteiger partial charge in [0.15, 0.2) is 0 Å². The number of carbonyl (C=O) groups is 3. The smallest absolute Gasteiger partial charge is 0.341 e. The molecule has 0 spiro atoms. The molecular weight excluding hydrogens is 366 g/mol. The van der Waals surface area contributed by atoms with Gasteiger partial charge in [-0.3, -0.25) is 9.59 Å². The van der Waals surface area contributed by atoms with Crippen molar-refractivity contribution in [3.63, 3.8) is 0 Å². The number of aromatic nitrogens is 1. The second-order valence-corrected chi connectivity index (χ2v) is 7.31. The predicted molar refractivity (Wildman–Crippen MR) is 103 cm³/mol. The fourth-order valence-electron chi connectivity index (χ4n) is 3.07. The number of esters is 1. The van der Waals surface area contributed by atoms with Crippen molar-refractivity contribution in [2.75, 3.05) is 17.2 Å². The SMILES string of the molecule is CCOC(=O)c1c(NC(=O)c2ccnc(NC(C)=O)c2)sc2c1CCCC2. The Morgan fingerprint density at radius 2 is 2.00 bits per heavy atom. The summed E-state index contributed by atoms with van der Waals surface area (Å²) in [5.74, 6) is -0.740. The first kappa shape index (κ1) is 19.0. The van der Waals surface area contributed by atoms with Gasteiger partial charge in [0.2, 0.25) is 5.91 Å². The van der Waals surface area contributed by atoms with Gasteiger partial charge in [-0.05, 0) is 50.3 Å². The van der Waals surface area contributed by atoms with Crippen LogP contribution in [0.3, 0.4) is 0 Å². The molecule has 2 aromatic rings. The van der Waals surface area contributed by atoms with E-state index in [1.807, 2.05) is 0 Å². The fourth-order valence-corrected chi connectivity index (χ4v) is 4.34. The van der Waals surface area contributed by atoms with Crippen molar-refractivity contribution < 1.29 is 19.1 Å². The molecule has 7 nitrogen and oxygen atoms in total. The molecule has 0 unspecified atom stereocenters. The maximum Gasteiger partial charge on any atom is 0.341 e. The number of amides is 2. The molecule has 1 aliphatic carbocycles. The fraction of sp³-hybridized carbons (Fsp3) is 0.368. The molecule has 0 atom stereocenters. The van der Waals surface area contributed by atoms with Crippen LogP contribution in [0.1, 0.15) is 57.8 Å². The van der Waals surface area contributed by atoms with Crippen LogP contribution < -0.4 is 10.6 Å². The van der Waals surface area contributed by atoms with E-state index in [0.717, 1.165) is 36.1 Å². The van der Waals surface area contributed by atoms with Crippen LogP contribution in [0.25, 0.3) is 0 Å². The second kappa shape index (κ2) is 8.30. The Balaban J connectivity index is 1.88. The third-order valence-electron chi connectivity index (χ3n) is 4.20. The average Bonchev–Trinajstić information content (AvgIpc) is 2.99. The summed E-state index contributed by atoms with van der Waals surface area (Å²) >= 11 is 1.44. The normalized spacial score (nSPS) is 12.8. The number of carbonyl (C=O) groups excluding carboxylic acids is 3. The first-order valence-electron chi connectivity index (χ1n) is 8.86. The molecule has 0 aromatic carbocycles. The zero-order valence-electron chi connectivity index (χ0n) is 15.3. The van der Waals surface area contributed by atoms with E-state index in [4.69, 9.17) is 4.74 Å². The largest absolute Gasteiger partial charge is 0.462 e. The molecular formula is C19H21N3O4S.